The van der Waals surface area contributed by atoms with E-state index in [1.165, 1.54) is 24.3 Å². The molecule has 0 saturated carbocycles. The lowest BCUT2D eigenvalue weighted by Crippen LogP contribution is -2.14. The minimum atomic E-state index is -3.87. The molecule has 0 amide bonds. The maximum atomic E-state index is 12.4. The molecule has 0 atom stereocenters. The molecule has 2 rings (SSSR count). The van der Waals surface area contributed by atoms with Gasteiger partial charge in [0.1, 0.15) is 10.6 Å². The molecule has 0 unspecified atom stereocenters. The summed E-state index contributed by atoms with van der Waals surface area (Å²) in [6.45, 7) is 1.85. The van der Waals surface area contributed by atoms with Crippen LogP contribution in [0.1, 0.15) is 5.56 Å². The fourth-order valence-corrected chi connectivity index (χ4v) is 4.54. The second kappa shape index (κ2) is 6.16. The summed E-state index contributed by atoms with van der Waals surface area (Å²) in [5, 5.41) is 10.0. The molecule has 4 nitrogen and oxygen atoms in total. The first-order valence-corrected chi connectivity index (χ1v) is 9.12. The van der Waals surface area contributed by atoms with Crippen molar-refractivity contribution in [1.29, 1.82) is 0 Å². The van der Waals surface area contributed by atoms with Crippen molar-refractivity contribution in [2.45, 2.75) is 11.8 Å². The van der Waals surface area contributed by atoms with Gasteiger partial charge in [0, 0.05) is 14.0 Å². The van der Waals surface area contributed by atoms with Crippen molar-refractivity contribution in [1.82, 2.24) is 0 Å². The molecule has 0 aliphatic rings. The number of rotatable bonds is 3. The average molecular weight is 456 g/mol. The minimum Gasteiger partial charge on any atom is -0.506 e. The number of aromatic hydroxyl groups is 1. The Balaban J connectivity index is 2.48. The molecule has 112 valence electrons. The van der Waals surface area contributed by atoms with Crippen molar-refractivity contribution in [3.05, 3.63) is 49.9 Å². The topological polar surface area (TPSA) is 66.4 Å². The van der Waals surface area contributed by atoms with Crippen LogP contribution < -0.4 is 4.72 Å². The number of phenolic OH excluding ortho intramolecular Hbond substituents is 1. The third-order valence-corrected chi connectivity index (χ3v) is 6.12. The first kappa shape index (κ1) is 16.6. The summed E-state index contributed by atoms with van der Waals surface area (Å²) in [5.74, 6) is -0.203. The van der Waals surface area contributed by atoms with Crippen molar-refractivity contribution >= 4 is 59.2 Å². The summed E-state index contributed by atoms with van der Waals surface area (Å²) < 4.78 is 28.3. The third kappa shape index (κ3) is 3.71. The SMILES string of the molecule is Cc1cc(Br)c(S(=O)(=O)Nc2cc(Cl)ccc2O)cc1Br. The maximum absolute atomic E-state index is 12.4. The van der Waals surface area contributed by atoms with Gasteiger partial charge >= 0.3 is 0 Å². The molecule has 21 heavy (non-hydrogen) atoms. The Morgan fingerprint density at radius 3 is 2.48 bits per heavy atom. The lowest BCUT2D eigenvalue weighted by atomic mass is 10.2. The molecule has 2 aromatic rings. The van der Waals surface area contributed by atoms with Gasteiger partial charge < -0.3 is 5.11 Å². The molecule has 0 saturated heterocycles. The van der Waals surface area contributed by atoms with E-state index in [4.69, 9.17) is 11.6 Å². The number of anilines is 1. The highest BCUT2D eigenvalue weighted by atomic mass is 79.9. The Morgan fingerprint density at radius 2 is 1.81 bits per heavy atom. The van der Waals surface area contributed by atoms with E-state index in [2.05, 4.69) is 36.6 Å². The highest BCUT2D eigenvalue weighted by Gasteiger charge is 2.20. The lowest BCUT2D eigenvalue weighted by Gasteiger charge is -2.12. The first-order chi connectivity index (χ1) is 9.70. The highest BCUT2D eigenvalue weighted by molar-refractivity contribution is 9.11. The van der Waals surface area contributed by atoms with Crippen molar-refractivity contribution in [3.8, 4) is 5.75 Å². The number of benzene rings is 2. The Hall–Kier alpha value is -0.760. The fraction of sp³-hybridized carbons (Fsp3) is 0.0769. The Kier molecular flexibility index (Phi) is 4.87. The standard InChI is InChI=1S/C13H10Br2ClNO3S/c1-7-4-10(15)13(6-9(7)14)21(19,20)17-11-5-8(16)2-3-12(11)18/h2-6,17-18H,1H3. The van der Waals surface area contributed by atoms with Crippen LogP contribution in [-0.2, 0) is 10.0 Å². The number of aryl methyl sites for hydroxylation is 1. The van der Waals surface area contributed by atoms with Gasteiger partial charge in [0.2, 0.25) is 0 Å². The molecule has 2 aromatic carbocycles. The molecule has 0 aliphatic carbocycles. The monoisotopic (exact) mass is 453 g/mol. The Morgan fingerprint density at radius 1 is 1.14 bits per heavy atom. The van der Waals surface area contributed by atoms with E-state index < -0.39 is 10.0 Å². The van der Waals surface area contributed by atoms with E-state index in [1.807, 2.05) is 6.92 Å². The highest BCUT2D eigenvalue weighted by Crippen LogP contribution is 2.33. The predicted octanol–water partition coefficient (Wildman–Crippen LogP) is 4.68. The van der Waals surface area contributed by atoms with Crippen molar-refractivity contribution in [2.24, 2.45) is 0 Å². The van der Waals surface area contributed by atoms with Gasteiger partial charge in [-0.15, -0.1) is 0 Å². The summed E-state index contributed by atoms with van der Waals surface area (Å²) in [6.07, 6.45) is 0. The van der Waals surface area contributed by atoms with Crippen LogP contribution in [0, 0.1) is 6.92 Å². The maximum Gasteiger partial charge on any atom is 0.263 e. The molecular weight excluding hydrogens is 445 g/mol. The van der Waals surface area contributed by atoms with Crippen LogP contribution in [0.2, 0.25) is 5.02 Å². The summed E-state index contributed by atoms with van der Waals surface area (Å²) in [5.41, 5.74) is 0.914. The number of halogens is 3. The number of hydrogen-bond acceptors (Lipinski definition) is 3. The largest absolute Gasteiger partial charge is 0.506 e. The van der Waals surface area contributed by atoms with Crippen LogP contribution in [-0.4, -0.2) is 13.5 Å². The molecule has 2 N–H and O–H groups in total. The zero-order valence-electron chi connectivity index (χ0n) is 10.7. The van der Waals surface area contributed by atoms with Crippen molar-refractivity contribution in [3.63, 3.8) is 0 Å². The number of phenols is 1. The van der Waals surface area contributed by atoms with E-state index >= 15 is 0 Å². The van der Waals surface area contributed by atoms with Gasteiger partial charge in [-0.3, -0.25) is 4.72 Å². The summed E-state index contributed by atoms with van der Waals surface area (Å²) >= 11 is 12.3. The van der Waals surface area contributed by atoms with Crippen molar-refractivity contribution in [2.75, 3.05) is 4.72 Å². The van der Waals surface area contributed by atoms with Gasteiger partial charge in [0.05, 0.1) is 5.69 Å². The van der Waals surface area contributed by atoms with E-state index in [0.29, 0.717) is 14.0 Å². The summed E-state index contributed by atoms with van der Waals surface area (Å²) in [7, 11) is -3.87. The van der Waals surface area contributed by atoms with Gasteiger partial charge in [-0.05, 0) is 58.7 Å². The molecule has 0 bridgehead atoms. The zero-order chi connectivity index (χ0) is 15.8. The fourth-order valence-electron chi connectivity index (χ4n) is 1.62. The first-order valence-electron chi connectivity index (χ1n) is 5.67. The van der Waals surface area contributed by atoms with Crippen LogP contribution in [0.3, 0.4) is 0 Å². The Bertz CT molecular complexity index is 809. The molecule has 0 aromatic heterocycles. The van der Waals surface area contributed by atoms with Crippen LogP contribution in [0.25, 0.3) is 0 Å². The predicted molar refractivity (Wildman–Crippen MR) is 90.5 cm³/mol. The summed E-state index contributed by atoms with van der Waals surface area (Å²) in [6, 6.07) is 7.30. The van der Waals surface area contributed by atoms with Gasteiger partial charge in [0.25, 0.3) is 10.0 Å². The normalized spacial score (nSPS) is 11.4. The molecule has 8 heteroatoms. The van der Waals surface area contributed by atoms with Gasteiger partial charge in [-0.25, -0.2) is 8.42 Å². The molecular formula is C13H10Br2ClNO3S. The van der Waals surface area contributed by atoms with E-state index in [1.54, 1.807) is 6.07 Å². The number of hydrogen-bond donors (Lipinski definition) is 2. The van der Waals surface area contributed by atoms with Crippen LogP contribution in [0.15, 0.2) is 44.2 Å². The van der Waals surface area contributed by atoms with Gasteiger partial charge in [-0.1, -0.05) is 27.5 Å². The third-order valence-electron chi connectivity index (χ3n) is 2.71. The van der Waals surface area contributed by atoms with Crippen LogP contribution >= 0.6 is 43.5 Å². The average Bonchev–Trinajstić information content (AvgIpc) is 2.37. The lowest BCUT2D eigenvalue weighted by molar-refractivity contribution is 0.477. The number of sulfonamides is 1. The number of nitrogens with one attached hydrogen (secondary N) is 1. The molecule has 0 radical (unpaired) electrons. The zero-order valence-corrected chi connectivity index (χ0v) is 15.4. The van der Waals surface area contributed by atoms with E-state index in [0.717, 1.165) is 5.56 Å². The molecule has 0 aliphatic heterocycles. The smallest absolute Gasteiger partial charge is 0.263 e. The van der Waals surface area contributed by atoms with E-state index in [9.17, 15) is 13.5 Å². The minimum absolute atomic E-state index is 0.0195. The molecule has 0 fully saturated rings. The molecule has 0 spiro atoms. The second-order valence-electron chi connectivity index (χ2n) is 4.30. The van der Waals surface area contributed by atoms with Gasteiger partial charge in [0.15, 0.2) is 0 Å². The van der Waals surface area contributed by atoms with E-state index in [-0.39, 0.29) is 16.3 Å². The quantitative estimate of drug-likeness (QED) is 0.661. The van der Waals surface area contributed by atoms with Crippen LogP contribution in [0.5, 0.6) is 5.75 Å². The Labute approximate surface area is 144 Å². The van der Waals surface area contributed by atoms with Crippen LogP contribution in [0.4, 0.5) is 5.69 Å². The summed E-state index contributed by atoms with van der Waals surface area (Å²) in [4.78, 5) is 0.0550. The van der Waals surface area contributed by atoms with Gasteiger partial charge in [-0.2, -0.15) is 0 Å². The second-order valence-corrected chi connectivity index (χ2v) is 8.09. The molecule has 0 heterocycles. The van der Waals surface area contributed by atoms with Crippen molar-refractivity contribution < 1.29 is 13.5 Å².